The van der Waals surface area contributed by atoms with E-state index < -0.39 is 10.9 Å². The minimum Gasteiger partial charge on any atom is -0.481 e. The molecule has 2 N–H and O–H groups in total. The molecule has 0 fully saturated rings. The van der Waals surface area contributed by atoms with Gasteiger partial charge in [0.2, 0.25) is 0 Å². The van der Waals surface area contributed by atoms with Gasteiger partial charge < -0.3 is 10.4 Å². The van der Waals surface area contributed by atoms with Crippen LogP contribution in [0.5, 0.6) is 0 Å². The van der Waals surface area contributed by atoms with E-state index >= 15 is 0 Å². The Morgan fingerprint density at radius 2 is 2.05 bits per heavy atom. The average molecular weight is 266 g/mol. The number of hydrogen-bond acceptors (Lipinski definition) is 4. The monoisotopic (exact) mass is 266 g/mol. The Labute approximate surface area is 111 Å². The molecule has 104 valence electrons. The number of nitro groups is 1. The smallest absolute Gasteiger partial charge is 0.303 e. The summed E-state index contributed by atoms with van der Waals surface area (Å²) < 4.78 is 0. The van der Waals surface area contributed by atoms with Crippen molar-refractivity contribution in [3.63, 3.8) is 0 Å². The second kappa shape index (κ2) is 7.48. The van der Waals surface area contributed by atoms with Crippen molar-refractivity contribution >= 4 is 11.7 Å². The Morgan fingerprint density at radius 3 is 2.58 bits per heavy atom. The van der Waals surface area contributed by atoms with Gasteiger partial charge in [-0.1, -0.05) is 12.1 Å². The highest BCUT2D eigenvalue weighted by Gasteiger charge is 2.06. The Hall–Kier alpha value is -1.95. The summed E-state index contributed by atoms with van der Waals surface area (Å²) >= 11 is 0. The van der Waals surface area contributed by atoms with Crippen molar-refractivity contribution < 1.29 is 14.8 Å². The van der Waals surface area contributed by atoms with Crippen LogP contribution in [0.2, 0.25) is 0 Å². The van der Waals surface area contributed by atoms with Crippen LogP contribution in [0.25, 0.3) is 0 Å². The maximum atomic E-state index is 10.5. The SMILES string of the molecule is CC(CCC(=O)O)NCCc1ccc([N+](=O)[O-])cc1. The first kappa shape index (κ1) is 15.1. The Bertz CT molecular complexity index is 431. The van der Waals surface area contributed by atoms with E-state index in [0.29, 0.717) is 6.42 Å². The molecular formula is C13H18N2O4. The Morgan fingerprint density at radius 1 is 1.42 bits per heavy atom. The van der Waals surface area contributed by atoms with Gasteiger partial charge in [0, 0.05) is 24.6 Å². The molecule has 0 bridgehead atoms. The first-order valence-corrected chi connectivity index (χ1v) is 6.17. The van der Waals surface area contributed by atoms with Crippen molar-refractivity contribution in [2.45, 2.75) is 32.2 Å². The fraction of sp³-hybridized carbons (Fsp3) is 0.462. The number of carboxylic acids is 1. The third-order valence-electron chi connectivity index (χ3n) is 2.84. The Kier molecular flexibility index (Phi) is 5.95. The maximum absolute atomic E-state index is 10.5. The second-order valence-corrected chi connectivity index (χ2v) is 4.46. The molecule has 0 saturated heterocycles. The topological polar surface area (TPSA) is 92.5 Å². The van der Waals surface area contributed by atoms with Crippen molar-refractivity contribution in [3.05, 3.63) is 39.9 Å². The van der Waals surface area contributed by atoms with Gasteiger partial charge in [-0.3, -0.25) is 14.9 Å². The summed E-state index contributed by atoms with van der Waals surface area (Å²) in [7, 11) is 0. The summed E-state index contributed by atoms with van der Waals surface area (Å²) in [4.78, 5) is 20.5. The molecule has 0 spiro atoms. The molecule has 0 aliphatic carbocycles. The molecule has 0 saturated carbocycles. The first-order chi connectivity index (χ1) is 8.99. The molecule has 0 heterocycles. The van der Waals surface area contributed by atoms with Gasteiger partial charge in [-0.2, -0.15) is 0 Å². The van der Waals surface area contributed by atoms with Gasteiger partial charge in [0.05, 0.1) is 4.92 Å². The molecule has 1 rings (SSSR count). The average Bonchev–Trinajstić information content (AvgIpc) is 2.37. The molecular weight excluding hydrogens is 248 g/mol. The lowest BCUT2D eigenvalue weighted by Gasteiger charge is -2.12. The predicted octanol–water partition coefficient (Wildman–Crippen LogP) is 1.98. The summed E-state index contributed by atoms with van der Waals surface area (Å²) in [5.74, 6) is -0.788. The third-order valence-corrected chi connectivity index (χ3v) is 2.84. The van der Waals surface area contributed by atoms with E-state index in [1.165, 1.54) is 12.1 Å². The van der Waals surface area contributed by atoms with Crippen molar-refractivity contribution in [1.82, 2.24) is 5.32 Å². The first-order valence-electron chi connectivity index (χ1n) is 6.17. The highest BCUT2D eigenvalue weighted by atomic mass is 16.6. The van der Waals surface area contributed by atoms with E-state index in [0.717, 1.165) is 18.5 Å². The number of nitro benzene ring substituents is 1. The van der Waals surface area contributed by atoms with Crippen LogP contribution in [0.4, 0.5) is 5.69 Å². The van der Waals surface area contributed by atoms with Crippen LogP contribution in [0.15, 0.2) is 24.3 Å². The van der Waals surface area contributed by atoms with E-state index in [9.17, 15) is 14.9 Å². The van der Waals surface area contributed by atoms with E-state index in [4.69, 9.17) is 5.11 Å². The van der Waals surface area contributed by atoms with Crippen molar-refractivity contribution in [1.29, 1.82) is 0 Å². The number of hydrogen-bond donors (Lipinski definition) is 2. The van der Waals surface area contributed by atoms with Gasteiger partial charge in [0.15, 0.2) is 0 Å². The molecule has 0 amide bonds. The lowest BCUT2D eigenvalue weighted by Crippen LogP contribution is -2.28. The van der Waals surface area contributed by atoms with Crippen molar-refractivity contribution in [3.8, 4) is 0 Å². The number of carboxylic acid groups (broad SMARTS) is 1. The molecule has 1 aromatic carbocycles. The third kappa shape index (κ3) is 5.96. The molecule has 1 aromatic rings. The largest absolute Gasteiger partial charge is 0.481 e. The normalized spacial score (nSPS) is 12.1. The zero-order valence-electron chi connectivity index (χ0n) is 10.8. The number of nitrogens with zero attached hydrogens (tertiary/aromatic N) is 1. The highest BCUT2D eigenvalue weighted by Crippen LogP contribution is 2.12. The van der Waals surface area contributed by atoms with Gasteiger partial charge >= 0.3 is 5.97 Å². The van der Waals surface area contributed by atoms with Crippen LogP contribution < -0.4 is 5.32 Å². The van der Waals surface area contributed by atoms with Gasteiger partial charge in [-0.05, 0) is 31.9 Å². The maximum Gasteiger partial charge on any atom is 0.303 e. The quantitative estimate of drug-likeness (QED) is 0.554. The van der Waals surface area contributed by atoms with Crippen LogP contribution in [-0.4, -0.2) is 28.6 Å². The van der Waals surface area contributed by atoms with Crippen LogP contribution in [0.1, 0.15) is 25.3 Å². The van der Waals surface area contributed by atoms with Crippen molar-refractivity contribution in [2.24, 2.45) is 0 Å². The lowest BCUT2D eigenvalue weighted by molar-refractivity contribution is -0.384. The van der Waals surface area contributed by atoms with Crippen LogP contribution in [0, 0.1) is 10.1 Å². The number of aliphatic carboxylic acids is 1. The molecule has 1 unspecified atom stereocenters. The van der Waals surface area contributed by atoms with E-state index in [-0.39, 0.29) is 18.2 Å². The zero-order chi connectivity index (χ0) is 14.3. The number of benzene rings is 1. The molecule has 19 heavy (non-hydrogen) atoms. The molecule has 0 aliphatic heterocycles. The summed E-state index contributed by atoms with van der Waals surface area (Å²) in [5, 5.41) is 22.3. The Balaban J connectivity index is 2.29. The number of non-ortho nitro benzene ring substituents is 1. The van der Waals surface area contributed by atoms with Crippen LogP contribution in [-0.2, 0) is 11.2 Å². The minimum atomic E-state index is -0.788. The molecule has 6 heteroatoms. The van der Waals surface area contributed by atoms with E-state index in [1.807, 2.05) is 6.92 Å². The summed E-state index contributed by atoms with van der Waals surface area (Å²) in [6.45, 7) is 2.66. The zero-order valence-corrected chi connectivity index (χ0v) is 10.8. The number of nitrogens with one attached hydrogen (secondary N) is 1. The second-order valence-electron chi connectivity index (χ2n) is 4.46. The number of rotatable bonds is 8. The van der Waals surface area contributed by atoms with Gasteiger partial charge in [-0.15, -0.1) is 0 Å². The highest BCUT2D eigenvalue weighted by molar-refractivity contribution is 5.66. The summed E-state index contributed by atoms with van der Waals surface area (Å²) in [6, 6.07) is 6.60. The fourth-order valence-corrected chi connectivity index (χ4v) is 1.69. The number of carbonyl (C=O) groups is 1. The van der Waals surface area contributed by atoms with Crippen LogP contribution >= 0.6 is 0 Å². The van der Waals surface area contributed by atoms with Crippen molar-refractivity contribution in [2.75, 3.05) is 6.54 Å². The summed E-state index contributed by atoms with van der Waals surface area (Å²) in [5.41, 5.74) is 1.11. The molecule has 0 radical (unpaired) electrons. The molecule has 0 aromatic heterocycles. The standard InChI is InChI=1S/C13H18N2O4/c1-10(2-7-13(16)17)14-9-8-11-3-5-12(6-4-11)15(18)19/h3-6,10,14H,2,7-9H2,1H3,(H,16,17). The van der Waals surface area contributed by atoms with Gasteiger partial charge in [0.1, 0.15) is 0 Å². The molecule has 6 nitrogen and oxygen atoms in total. The fourth-order valence-electron chi connectivity index (χ4n) is 1.69. The summed E-state index contributed by atoms with van der Waals surface area (Å²) in [6.07, 6.45) is 1.51. The minimum absolute atomic E-state index is 0.0894. The van der Waals surface area contributed by atoms with Crippen LogP contribution in [0.3, 0.4) is 0 Å². The molecule has 1 atom stereocenters. The van der Waals surface area contributed by atoms with E-state index in [2.05, 4.69) is 5.32 Å². The van der Waals surface area contributed by atoms with Gasteiger partial charge in [0.25, 0.3) is 5.69 Å². The predicted molar refractivity (Wildman–Crippen MR) is 71.1 cm³/mol. The van der Waals surface area contributed by atoms with Gasteiger partial charge in [-0.25, -0.2) is 0 Å². The van der Waals surface area contributed by atoms with E-state index in [1.54, 1.807) is 12.1 Å². The molecule has 0 aliphatic rings. The lowest BCUT2D eigenvalue weighted by atomic mass is 10.1.